The number of anilines is 1. The van der Waals surface area contributed by atoms with Gasteiger partial charge >= 0.3 is 0 Å². The van der Waals surface area contributed by atoms with Crippen molar-refractivity contribution in [3.63, 3.8) is 0 Å². The van der Waals surface area contributed by atoms with Crippen LogP contribution < -0.4 is 5.32 Å². The first-order valence-corrected chi connectivity index (χ1v) is 8.35. The summed E-state index contributed by atoms with van der Waals surface area (Å²) in [5.74, 6) is 0.452. The van der Waals surface area contributed by atoms with Crippen molar-refractivity contribution >= 4 is 40.2 Å². The first-order chi connectivity index (χ1) is 11.3. The standard InChI is InChI=1S/C15H19Cl2N3O4/c1-6(2)18-15-19-9-3-7(16)8(17)4-10(9)20(15)14-13(23)12(22)11(5-21)24-14/h3-4,6,11-14,21-23H,5H2,1-2H3,(H,18,19)/t11-,12-,13-,14+/m1/s1. The first kappa shape index (κ1) is 17.7. The van der Waals surface area contributed by atoms with Crippen LogP contribution in [0, 0.1) is 0 Å². The molecule has 0 aliphatic carbocycles. The van der Waals surface area contributed by atoms with Gasteiger partial charge in [0.25, 0.3) is 0 Å². The third-order valence-corrected chi connectivity index (χ3v) is 4.64. The summed E-state index contributed by atoms with van der Waals surface area (Å²) in [6.45, 7) is 3.49. The van der Waals surface area contributed by atoms with E-state index in [9.17, 15) is 15.3 Å². The van der Waals surface area contributed by atoms with Gasteiger partial charge in [0.05, 0.1) is 27.7 Å². The minimum absolute atomic E-state index is 0.0728. The number of halogens is 2. The molecule has 1 saturated heterocycles. The number of ether oxygens (including phenoxy) is 1. The lowest BCUT2D eigenvalue weighted by Crippen LogP contribution is -2.33. The van der Waals surface area contributed by atoms with E-state index in [1.165, 1.54) is 0 Å². The maximum atomic E-state index is 10.4. The number of hydrogen-bond donors (Lipinski definition) is 4. The van der Waals surface area contributed by atoms with Gasteiger partial charge < -0.3 is 25.4 Å². The van der Waals surface area contributed by atoms with Crippen LogP contribution >= 0.6 is 23.2 Å². The van der Waals surface area contributed by atoms with E-state index in [0.717, 1.165) is 0 Å². The fourth-order valence-corrected chi connectivity index (χ4v) is 3.12. The molecule has 4 N–H and O–H groups in total. The fourth-order valence-electron chi connectivity index (χ4n) is 2.80. The Morgan fingerprint density at radius 3 is 2.50 bits per heavy atom. The minimum Gasteiger partial charge on any atom is -0.394 e. The molecule has 1 aliphatic rings. The lowest BCUT2D eigenvalue weighted by Gasteiger charge is -2.21. The third-order valence-electron chi connectivity index (χ3n) is 3.92. The molecule has 24 heavy (non-hydrogen) atoms. The summed E-state index contributed by atoms with van der Waals surface area (Å²) < 4.78 is 7.26. The van der Waals surface area contributed by atoms with Gasteiger partial charge in [-0.15, -0.1) is 0 Å². The smallest absolute Gasteiger partial charge is 0.206 e. The molecule has 1 fully saturated rings. The molecule has 3 rings (SSSR count). The van der Waals surface area contributed by atoms with Crippen LogP contribution in [0.5, 0.6) is 0 Å². The lowest BCUT2D eigenvalue weighted by molar-refractivity contribution is -0.0499. The molecule has 2 heterocycles. The summed E-state index contributed by atoms with van der Waals surface area (Å²) in [4.78, 5) is 4.48. The number of benzene rings is 1. The number of rotatable bonds is 4. The number of nitrogens with zero attached hydrogens (tertiary/aromatic N) is 2. The maximum Gasteiger partial charge on any atom is 0.206 e. The molecule has 0 spiro atoms. The van der Waals surface area contributed by atoms with Crippen LogP contribution in [-0.2, 0) is 4.74 Å². The Morgan fingerprint density at radius 1 is 1.25 bits per heavy atom. The molecule has 2 aromatic rings. The monoisotopic (exact) mass is 375 g/mol. The molecular weight excluding hydrogens is 357 g/mol. The van der Waals surface area contributed by atoms with Crippen LogP contribution in [0.4, 0.5) is 5.95 Å². The van der Waals surface area contributed by atoms with E-state index in [1.54, 1.807) is 16.7 Å². The predicted molar refractivity (Wildman–Crippen MR) is 91.5 cm³/mol. The van der Waals surface area contributed by atoms with E-state index in [0.29, 0.717) is 27.0 Å². The lowest BCUT2D eigenvalue weighted by atomic mass is 10.1. The van der Waals surface area contributed by atoms with Gasteiger partial charge in [0.2, 0.25) is 5.95 Å². The van der Waals surface area contributed by atoms with Crippen LogP contribution in [0.25, 0.3) is 11.0 Å². The van der Waals surface area contributed by atoms with Crippen LogP contribution in [0.15, 0.2) is 12.1 Å². The van der Waals surface area contributed by atoms with E-state index in [1.807, 2.05) is 13.8 Å². The van der Waals surface area contributed by atoms with Crippen LogP contribution in [-0.4, -0.2) is 55.8 Å². The maximum absolute atomic E-state index is 10.4. The van der Waals surface area contributed by atoms with E-state index >= 15 is 0 Å². The molecule has 0 bridgehead atoms. The molecule has 1 aliphatic heterocycles. The van der Waals surface area contributed by atoms with E-state index in [2.05, 4.69) is 10.3 Å². The number of hydrogen-bond acceptors (Lipinski definition) is 6. The van der Waals surface area contributed by atoms with Crippen molar-refractivity contribution in [2.75, 3.05) is 11.9 Å². The van der Waals surface area contributed by atoms with E-state index in [4.69, 9.17) is 27.9 Å². The van der Waals surface area contributed by atoms with Crippen molar-refractivity contribution in [3.8, 4) is 0 Å². The van der Waals surface area contributed by atoms with Crippen molar-refractivity contribution in [3.05, 3.63) is 22.2 Å². The molecular formula is C15H19Cl2N3O4. The molecule has 1 aromatic carbocycles. The van der Waals surface area contributed by atoms with Crippen LogP contribution in [0.3, 0.4) is 0 Å². The normalized spacial score (nSPS) is 27.3. The minimum atomic E-state index is -1.22. The van der Waals surface area contributed by atoms with Crippen LogP contribution in [0.2, 0.25) is 10.0 Å². The third kappa shape index (κ3) is 2.96. The van der Waals surface area contributed by atoms with Crippen molar-refractivity contribution in [2.45, 2.75) is 44.4 Å². The SMILES string of the molecule is CC(C)Nc1nc2cc(Cl)c(Cl)cc2n1[C@H]1O[C@H](CO)[C@@H](O)[C@H]1O. The Morgan fingerprint density at radius 2 is 1.92 bits per heavy atom. The molecule has 7 nitrogen and oxygen atoms in total. The van der Waals surface area contributed by atoms with Gasteiger partial charge in [0.15, 0.2) is 6.23 Å². The zero-order chi connectivity index (χ0) is 17.6. The summed E-state index contributed by atoms with van der Waals surface area (Å²) in [7, 11) is 0. The summed E-state index contributed by atoms with van der Waals surface area (Å²) in [6.07, 6.45) is -4.22. The average molecular weight is 376 g/mol. The Bertz CT molecular complexity index is 752. The summed E-state index contributed by atoms with van der Waals surface area (Å²) in [5, 5.41) is 33.6. The predicted octanol–water partition coefficient (Wildman–Crippen LogP) is 1.77. The highest BCUT2D eigenvalue weighted by Crippen LogP contribution is 2.37. The number of aromatic nitrogens is 2. The Balaban J connectivity index is 2.15. The van der Waals surface area contributed by atoms with Gasteiger partial charge in [-0.05, 0) is 26.0 Å². The highest BCUT2D eigenvalue weighted by atomic mass is 35.5. The number of aliphatic hydroxyl groups is 3. The second kappa shape index (κ2) is 6.67. The Hall–Kier alpha value is -1.09. The molecule has 9 heteroatoms. The summed E-state index contributed by atoms with van der Waals surface area (Å²) in [5.41, 5.74) is 1.17. The number of fused-ring (bicyclic) bond motifs is 1. The Kier molecular flexibility index (Phi) is 4.92. The van der Waals surface area contributed by atoms with Crippen molar-refractivity contribution in [1.29, 1.82) is 0 Å². The second-order valence-corrected chi connectivity index (χ2v) is 6.90. The largest absolute Gasteiger partial charge is 0.394 e. The number of aliphatic hydroxyl groups excluding tert-OH is 3. The number of imidazole rings is 1. The molecule has 0 amide bonds. The molecule has 0 saturated carbocycles. The Labute approximate surface area is 148 Å². The fraction of sp³-hybridized carbons (Fsp3) is 0.533. The quantitative estimate of drug-likeness (QED) is 0.649. The van der Waals surface area contributed by atoms with Crippen LogP contribution in [0.1, 0.15) is 20.1 Å². The molecule has 1 aromatic heterocycles. The van der Waals surface area contributed by atoms with Crippen molar-refractivity contribution in [1.82, 2.24) is 9.55 Å². The van der Waals surface area contributed by atoms with Gasteiger partial charge in [-0.1, -0.05) is 23.2 Å². The van der Waals surface area contributed by atoms with Gasteiger partial charge in [-0.25, -0.2) is 4.98 Å². The van der Waals surface area contributed by atoms with Crippen molar-refractivity contribution < 1.29 is 20.1 Å². The average Bonchev–Trinajstić information content (AvgIpc) is 2.97. The molecule has 0 radical (unpaired) electrons. The van der Waals surface area contributed by atoms with Gasteiger partial charge in [0.1, 0.15) is 18.3 Å². The first-order valence-electron chi connectivity index (χ1n) is 7.59. The zero-order valence-corrected chi connectivity index (χ0v) is 14.7. The van der Waals surface area contributed by atoms with E-state index < -0.39 is 31.1 Å². The van der Waals surface area contributed by atoms with Gasteiger partial charge in [0, 0.05) is 6.04 Å². The second-order valence-electron chi connectivity index (χ2n) is 6.09. The molecule has 0 unspecified atom stereocenters. The molecule has 4 atom stereocenters. The highest BCUT2D eigenvalue weighted by Gasteiger charge is 2.44. The molecule has 132 valence electrons. The summed E-state index contributed by atoms with van der Waals surface area (Å²) in [6, 6.07) is 3.33. The van der Waals surface area contributed by atoms with Crippen molar-refractivity contribution in [2.24, 2.45) is 0 Å². The highest BCUT2D eigenvalue weighted by molar-refractivity contribution is 6.42. The van der Waals surface area contributed by atoms with E-state index in [-0.39, 0.29) is 6.04 Å². The van der Waals surface area contributed by atoms with Gasteiger partial charge in [-0.2, -0.15) is 0 Å². The summed E-state index contributed by atoms with van der Waals surface area (Å²) >= 11 is 12.2. The van der Waals surface area contributed by atoms with Gasteiger partial charge in [-0.3, -0.25) is 4.57 Å². The zero-order valence-electron chi connectivity index (χ0n) is 13.1. The number of nitrogens with one attached hydrogen (secondary N) is 1. The topological polar surface area (TPSA) is 99.8 Å².